The van der Waals surface area contributed by atoms with Gasteiger partial charge in [-0.05, 0) is 49.6 Å². The van der Waals surface area contributed by atoms with Crippen LogP contribution in [0.5, 0.6) is 0 Å². The van der Waals surface area contributed by atoms with Crippen LogP contribution in [0, 0.1) is 13.8 Å². The van der Waals surface area contributed by atoms with Gasteiger partial charge in [0.1, 0.15) is 5.82 Å². The summed E-state index contributed by atoms with van der Waals surface area (Å²) in [6, 6.07) is 9.56. The second-order valence-corrected chi connectivity index (χ2v) is 5.10. The molecule has 0 unspecified atom stereocenters. The average Bonchev–Trinajstić information content (AvgIpc) is 2.47. The lowest BCUT2D eigenvalue weighted by atomic mass is 10.1. The third kappa shape index (κ3) is 3.81. The number of hydrogen-bond donors (Lipinski definition) is 2. The lowest BCUT2D eigenvalue weighted by Crippen LogP contribution is -2.16. The van der Waals surface area contributed by atoms with Crippen molar-refractivity contribution < 1.29 is 4.79 Å². The van der Waals surface area contributed by atoms with E-state index in [4.69, 9.17) is 0 Å². The predicted molar refractivity (Wildman–Crippen MR) is 86.9 cm³/mol. The zero-order valence-electron chi connectivity index (χ0n) is 12.7. The number of aryl methyl sites for hydroxylation is 2. The Balaban J connectivity index is 2.24. The molecule has 1 amide bonds. The van der Waals surface area contributed by atoms with E-state index in [-0.39, 0.29) is 5.91 Å². The van der Waals surface area contributed by atoms with Gasteiger partial charge in [-0.2, -0.15) is 0 Å². The van der Waals surface area contributed by atoms with Gasteiger partial charge in [-0.25, -0.2) is 4.98 Å². The highest BCUT2D eigenvalue weighted by molar-refractivity contribution is 6.08. The summed E-state index contributed by atoms with van der Waals surface area (Å²) in [6.07, 6.45) is 2.68. The molecule has 0 bridgehead atoms. The second kappa shape index (κ2) is 6.88. The van der Waals surface area contributed by atoms with E-state index in [0.29, 0.717) is 11.4 Å². The maximum atomic E-state index is 12.5. The topological polar surface area (TPSA) is 54.0 Å². The third-order valence-electron chi connectivity index (χ3n) is 3.23. The summed E-state index contributed by atoms with van der Waals surface area (Å²) in [4.78, 5) is 16.7. The molecule has 0 spiro atoms. The highest BCUT2D eigenvalue weighted by atomic mass is 16.1. The molecule has 2 N–H and O–H groups in total. The van der Waals surface area contributed by atoms with Crippen LogP contribution >= 0.6 is 0 Å². The van der Waals surface area contributed by atoms with E-state index in [9.17, 15) is 4.79 Å². The van der Waals surface area contributed by atoms with Crippen molar-refractivity contribution in [2.45, 2.75) is 27.2 Å². The van der Waals surface area contributed by atoms with Crippen LogP contribution < -0.4 is 10.6 Å². The molecule has 1 heterocycles. The Morgan fingerprint density at radius 1 is 1.24 bits per heavy atom. The van der Waals surface area contributed by atoms with Gasteiger partial charge < -0.3 is 10.6 Å². The number of rotatable bonds is 5. The molecule has 0 saturated heterocycles. The van der Waals surface area contributed by atoms with E-state index in [0.717, 1.165) is 29.8 Å². The van der Waals surface area contributed by atoms with Crippen LogP contribution in [-0.4, -0.2) is 17.4 Å². The Labute approximate surface area is 125 Å². The number of anilines is 2. The molecular formula is C17H21N3O. The molecular weight excluding hydrogens is 262 g/mol. The van der Waals surface area contributed by atoms with E-state index >= 15 is 0 Å². The van der Waals surface area contributed by atoms with Gasteiger partial charge in [-0.15, -0.1) is 0 Å². The molecule has 0 aliphatic rings. The molecule has 4 heteroatoms. The van der Waals surface area contributed by atoms with Crippen molar-refractivity contribution in [3.63, 3.8) is 0 Å². The van der Waals surface area contributed by atoms with Gasteiger partial charge >= 0.3 is 0 Å². The predicted octanol–water partition coefficient (Wildman–Crippen LogP) is 3.77. The van der Waals surface area contributed by atoms with Crippen LogP contribution in [0.3, 0.4) is 0 Å². The molecule has 0 radical (unpaired) electrons. The Bertz CT molecular complexity index is 638. The van der Waals surface area contributed by atoms with Gasteiger partial charge in [0.05, 0.1) is 5.56 Å². The minimum atomic E-state index is -0.143. The summed E-state index contributed by atoms with van der Waals surface area (Å²) in [7, 11) is 0. The summed E-state index contributed by atoms with van der Waals surface area (Å²) in [5, 5.41) is 6.18. The first-order valence-electron chi connectivity index (χ1n) is 7.19. The normalized spacial score (nSPS) is 10.2. The summed E-state index contributed by atoms with van der Waals surface area (Å²) in [5.41, 5.74) is 3.57. The van der Waals surface area contributed by atoms with Crippen molar-refractivity contribution in [2.75, 3.05) is 17.2 Å². The van der Waals surface area contributed by atoms with Crippen LogP contribution in [0.1, 0.15) is 34.8 Å². The van der Waals surface area contributed by atoms with E-state index < -0.39 is 0 Å². The molecule has 110 valence electrons. The number of nitrogens with zero attached hydrogens (tertiary/aromatic N) is 1. The lowest BCUT2D eigenvalue weighted by Gasteiger charge is -2.13. The number of benzene rings is 1. The molecule has 0 atom stereocenters. The first kappa shape index (κ1) is 15.0. The minimum absolute atomic E-state index is 0.143. The fourth-order valence-corrected chi connectivity index (χ4v) is 2.05. The van der Waals surface area contributed by atoms with Crippen molar-refractivity contribution in [3.05, 3.63) is 53.2 Å². The molecule has 2 aromatic rings. The maximum Gasteiger partial charge on any atom is 0.258 e. The highest BCUT2D eigenvalue weighted by Gasteiger charge is 2.13. The highest BCUT2D eigenvalue weighted by Crippen LogP contribution is 2.20. The number of carbonyl (C=O) groups excluding carboxylic acids is 1. The standard InChI is InChI=1S/C17H21N3O/c1-4-9-18-15-11-12(2)7-8-14(15)17(21)20-16-13(3)6-5-10-19-16/h5-8,10-11,18H,4,9H2,1-3H3,(H,19,20,21). The van der Waals surface area contributed by atoms with Crippen molar-refractivity contribution in [1.29, 1.82) is 0 Å². The smallest absolute Gasteiger partial charge is 0.258 e. The summed E-state index contributed by atoms with van der Waals surface area (Å²) in [6.45, 7) is 6.88. The first-order valence-corrected chi connectivity index (χ1v) is 7.19. The van der Waals surface area contributed by atoms with Gasteiger partial charge in [-0.1, -0.05) is 19.1 Å². The van der Waals surface area contributed by atoms with Crippen LogP contribution in [-0.2, 0) is 0 Å². The molecule has 0 aliphatic carbocycles. The van der Waals surface area contributed by atoms with Crippen molar-refractivity contribution in [1.82, 2.24) is 4.98 Å². The number of hydrogen-bond acceptors (Lipinski definition) is 3. The SMILES string of the molecule is CCCNc1cc(C)ccc1C(=O)Nc1ncccc1C. The van der Waals surface area contributed by atoms with Crippen LogP contribution in [0.25, 0.3) is 0 Å². The zero-order chi connectivity index (χ0) is 15.2. The molecule has 0 aliphatic heterocycles. The van der Waals surface area contributed by atoms with Gasteiger partial charge in [0, 0.05) is 18.4 Å². The number of aromatic nitrogens is 1. The minimum Gasteiger partial charge on any atom is -0.384 e. The number of nitrogens with one attached hydrogen (secondary N) is 2. The largest absolute Gasteiger partial charge is 0.384 e. The molecule has 2 rings (SSSR count). The van der Waals surface area contributed by atoms with Gasteiger partial charge in [0.2, 0.25) is 0 Å². The third-order valence-corrected chi connectivity index (χ3v) is 3.23. The molecule has 1 aromatic heterocycles. The van der Waals surface area contributed by atoms with Crippen molar-refractivity contribution in [3.8, 4) is 0 Å². The quantitative estimate of drug-likeness (QED) is 0.878. The molecule has 0 saturated carbocycles. The van der Waals surface area contributed by atoms with Crippen molar-refractivity contribution in [2.24, 2.45) is 0 Å². The van der Waals surface area contributed by atoms with Gasteiger partial charge in [-0.3, -0.25) is 4.79 Å². The van der Waals surface area contributed by atoms with Gasteiger partial charge in [0.15, 0.2) is 0 Å². The number of amides is 1. The van der Waals surface area contributed by atoms with E-state index in [1.54, 1.807) is 6.20 Å². The summed E-state index contributed by atoms with van der Waals surface area (Å²) < 4.78 is 0. The molecule has 1 aromatic carbocycles. The van der Waals surface area contributed by atoms with E-state index in [1.807, 2.05) is 44.2 Å². The van der Waals surface area contributed by atoms with Crippen molar-refractivity contribution >= 4 is 17.4 Å². The lowest BCUT2D eigenvalue weighted by molar-refractivity contribution is 0.102. The van der Waals surface area contributed by atoms with Crippen LogP contribution in [0.2, 0.25) is 0 Å². The molecule has 0 fully saturated rings. The molecule has 4 nitrogen and oxygen atoms in total. The average molecular weight is 283 g/mol. The number of carbonyl (C=O) groups is 1. The first-order chi connectivity index (χ1) is 10.1. The molecule has 21 heavy (non-hydrogen) atoms. The van der Waals surface area contributed by atoms with Crippen LogP contribution in [0.15, 0.2) is 36.5 Å². The summed E-state index contributed by atoms with van der Waals surface area (Å²) in [5.74, 6) is 0.458. The van der Waals surface area contributed by atoms with E-state index in [1.165, 1.54) is 0 Å². The van der Waals surface area contributed by atoms with Gasteiger partial charge in [0.25, 0.3) is 5.91 Å². The summed E-state index contributed by atoms with van der Waals surface area (Å²) >= 11 is 0. The zero-order valence-corrected chi connectivity index (χ0v) is 12.7. The Kier molecular flexibility index (Phi) is 4.93. The second-order valence-electron chi connectivity index (χ2n) is 5.10. The number of pyridine rings is 1. The monoisotopic (exact) mass is 283 g/mol. The Morgan fingerprint density at radius 3 is 2.76 bits per heavy atom. The Morgan fingerprint density at radius 2 is 2.05 bits per heavy atom. The van der Waals surface area contributed by atoms with Crippen LogP contribution in [0.4, 0.5) is 11.5 Å². The van der Waals surface area contributed by atoms with E-state index in [2.05, 4.69) is 22.5 Å². The maximum absolute atomic E-state index is 12.5. The fraction of sp³-hybridized carbons (Fsp3) is 0.294. The Hall–Kier alpha value is -2.36. The fourth-order valence-electron chi connectivity index (χ4n) is 2.05.